The molecule has 0 saturated heterocycles. The van der Waals surface area contributed by atoms with Gasteiger partial charge in [0.25, 0.3) is 0 Å². The van der Waals surface area contributed by atoms with Crippen molar-refractivity contribution in [1.29, 1.82) is 0 Å². The molecule has 0 bridgehead atoms. The Kier molecular flexibility index (Phi) is 5.87. The minimum atomic E-state index is -0.661. The molecule has 0 spiro atoms. The number of carbonyl (C=O) groups excluding carboxylic acids is 1. The third-order valence-electron chi connectivity index (χ3n) is 4.47. The van der Waals surface area contributed by atoms with Crippen LogP contribution in [-0.4, -0.2) is 19.3 Å². The Labute approximate surface area is 164 Å². The summed E-state index contributed by atoms with van der Waals surface area (Å²) < 4.78 is 9.97. The number of ether oxygens (including phenoxy) is 2. The van der Waals surface area contributed by atoms with E-state index in [2.05, 4.69) is 12.1 Å². The Morgan fingerprint density at radius 2 is 1.11 bits per heavy atom. The highest BCUT2D eigenvalue weighted by molar-refractivity contribution is 8.14. The lowest BCUT2D eigenvalue weighted by Gasteiger charge is -2.34. The second-order valence-corrected chi connectivity index (χ2v) is 7.49. The summed E-state index contributed by atoms with van der Waals surface area (Å²) in [5.74, 6) is 1.56. The SMILES string of the molecule is COc1ccc(C(SC(C)=O)(c2ccccc2)c2ccc(OC)cc2)cc1. The molecule has 0 aliphatic carbocycles. The Hall–Kier alpha value is -2.72. The molecule has 0 amide bonds. The lowest BCUT2D eigenvalue weighted by molar-refractivity contribution is -0.109. The highest BCUT2D eigenvalue weighted by Gasteiger charge is 2.38. The van der Waals surface area contributed by atoms with Gasteiger partial charge in [0.05, 0.1) is 19.0 Å². The molecule has 0 radical (unpaired) electrons. The molecule has 3 aromatic carbocycles. The number of thioether (sulfide) groups is 1. The van der Waals surface area contributed by atoms with Crippen molar-refractivity contribution in [3.05, 3.63) is 95.6 Å². The summed E-state index contributed by atoms with van der Waals surface area (Å²) in [5.41, 5.74) is 3.07. The molecule has 0 fully saturated rings. The van der Waals surface area contributed by atoms with Gasteiger partial charge in [-0.3, -0.25) is 4.79 Å². The van der Waals surface area contributed by atoms with Crippen LogP contribution in [0.1, 0.15) is 23.6 Å². The number of methoxy groups -OCH3 is 2. The summed E-state index contributed by atoms with van der Waals surface area (Å²) in [6.45, 7) is 1.61. The largest absolute Gasteiger partial charge is 0.497 e. The fraction of sp³-hybridized carbons (Fsp3) is 0.174. The summed E-state index contributed by atoms with van der Waals surface area (Å²) in [4.78, 5) is 12.3. The smallest absolute Gasteiger partial charge is 0.187 e. The molecule has 3 nitrogen and oxygen atoms in total. The Morgan fingerprint density at radius 1 is 0.704 bits per heavy atom. The van der Waals surface area contributed by atoms with Crippen LogP contribution >= 0.6 is 11.8 Å². The monoisotopic (exact) mass is 378 g/mol. The van der Waals surface area contributed by atoms with Gasteiger partial charge in [0.15, 0.2) is 5.12 Å². The van der Waals surface area contributed by atoms with Crippen LogP contribution in [0.3, 0.4) is 0 Å². The van der Waals surface area contributed by atoms with Gasteiger partial charge in [0, 0.05) is 6.92 Å². The third kappa shape index (κ3) is 3.86. The molecule has 138 valence electrons. The van der Waals surface area contributed by atoms with E-state index >= 15 is 0 Å². The standard InChI is InChI=1S/C23H22O3S/c1-17(24)27-23(18-7-5-4-6-8-18,19-9-13-21(25-2)14-10-19)20-11-15-22(26-3)16-12-20/h4-16H,1-3H3. The van der Waals surface area contributed by atoms with Crippen LogP contribution in [0.5, 0.6) is 11.5 Å². The Morgan fingerprint density at radius 3 is 1.48 bits per heavy atom. The van der Waals surface area contributed by atoms with Crippen molar-refractivity contribution < 1.29 is 14.3 Å². The van der Waals surface area contributed by atoms with Crippen LogP contribution in [0.4, 0.5) is 0 Å². The lowest BCUT2D eigenvalue weighted by Crippen LogP contribution is -2.27. The van der Waals surface area contributed by atoms with Gasteiger partial charge in [-0.2, -0.15) is 0 Å². The second-order valence-electron chi connectivity index (χ2n) is 6.10. The van der Waals surface area contributed by atoms with Gasteiger partial charge in [-0.25, -0.2) is 0 Å². The minimum absolute atomic E-state index is 0.0467. The number of hydrogen-bond acceptors (Lipinski definition) is 4. The van der Waals surface area contributed by atoms with E-state index < -0.39 is 4.75 Å². The molecule has 3 rings (SSSR count). The van der Waals surface area contributed by atoms with E-state index in [1.807, 2.05) is 66.7 Å². The maximum Gasteiger partial charge on any atom is 0.187 e. The second kappa shape index (κ2) is 8.31. The quantitative estimate of drug-likeness (QED) is 0.547. The van der Waals surface area contributed by atoms with Crippen LogP contribution in [-0.2, 0) is 9.54 Å². The highest BCUT2D eigenvalue weighted by atomic mass is 32.2. The van der Waals surface area contributed by atoms with E-state index in [-0.39, 0.29) is 5.12 Å². The van der Waals surface area contributed by atoms with E-state index in [1.165, 1.54) is 11.8 Å². The summed E-state index contributed by atoms with van der Waals surface area (Å²) in [6, 6.07) is 25.9. The van der Waals surface area contributed by atoms with Crippen LogP contribution in [0.2, 0.25) is 0 Å². The van der Waals surface area contributed by atoms with E-state index in [0.29, 0.717) is 0 Å². The number of hydrogen-bond donors (Lipinski definition) is 0. The van der Waals surface area contributed by atoms with E-state index in [9.17, 15) is 4.79 Å². The number of benzene rings is 3. The van der Waals surface area contributed by atoms with Crippen molar-refractivity contribution in [2.75, 3.05) is 14.2 Å². The van der Waals surface area contributed by atoms with Crippen LogP contribution < -0.4 is 9.47 Å². The van der Waals surface area contributed by atoms with Crippen LogP contribution in [0, 0.1) is 0 Å². The molecular weight excluding hydrogens is 356 g/mol. The van der Waals surface area contributed by atoms with Gasteiger partial charge in [0.1, 0.15) is 11.5 Å². The van der Waals surface area contributed by atoms with E-state index in [1.54, 1.807) is 21.1 Å². The van der Waals surface area contributed by atoms with Crippen LogP contribution in [0.15, 0.2) is 78.9 Å². The predicted octanol–water partition coefficient (Wildman–Crippen LogP) is 5.28. The van der Waals surface area contributed by atoms with Crippen molar-refractivity contribution in [2.24, 2.45) is 0 Å². The summed E-state index contributed by atoms with van der Waals surface area (Å²) in [6.07, 6.45) is 0. The zero-order chi connectivity index (χ0) is 19.3. The zero-order valence-corrected chi connectivity index (χ0v) is 16.5. The zero-order valence-electron chi connectivity index (χ0n) is 15.6. The summed E-state index contributed by atoms with van der Waals surface area (Å²) in [5, 5.41) is 0.0467. The fourth-order valence-corrected chi connectivity index (χ4v) is 4.41. The van der Waals surface area contributed by atoms with Gasteiger partial charge in [-0.05, 0) is 41.0 Å². The number of rotatable bonds is 6. The van der Waals surface area contributed by atoms with Gasteiger partial charge < -0.3 is 9.47 Å². The van der Waals surface area contributed by atoms with Gasteiger partial charge >= 0.3 is 0 Å². The normalized spacial score (nSPS) is 11.1. The van der Waals surface area contributed by atoms with Crippen molar-refractivity contribution in [2.45, 2.75) is 11.7 Å². The maximum absolute atomic E-state index is 12.3. The van der Waals surface area contributed by atoms with Crippen LogP contribution in [0.25, 0.3) is 0 Å². The first-order chi connectivity index (χ1) is 13.1. The van der Waals surface area contributed by atoms with Crippen molar-refractivity contribution in [1.82, 2.24) is 0 Å². The Balaban J connectivity index is 2.28. The van der Waals surface area contributed by atoms with Crippen molar-refractivity contribution >= 4 is 16.9 Å². The third-order valence-corrected chi connectivity index (χ3v) is 5.77. The predicted molar refractivity (Wildman–Crippen MR) is 111 cm³/mol. The van der Waals surface area contributed by atoms with Gasteiger partial charge in [0.2, 0.25) is 0 Å². The fourth-order valence-electron chi connectivity index (χ4n) is 3.22. The lowest BCUT2D eigenvalue weighted by atomic mass is 9.84. The maximum atomic E-state index is 12.3. The molecule has 0 N–H and O–H groups in total. The molecule has 3 aromatic rings. The average Bonchev–Trinajstić information content (AvgIpc) is 2.73. The first-order valence-electron chi connectivity index (χ1n) is 8.64. The number of carbonyl (C=O) groups is 1. The highest BCUT2D eigenvalue weighted by Crippen LogP contribution is 2.49. The molecule has 4 heteroatoms. The topological polar surface area (TPSA) is 35.5 Å². The molecular formula is C23H22O3S. The molecule has 0 unspecified atom stereocenters. The molecule has 0 atom stereocenters. The van der Waals surface area contributed by atoms with Gasteiger partial charge in [-0.15, -0.1) is 0 Å². The Bertz CT molecular complexity index is 840. The first-order valence-corrected chi connectivity index (χ1v) is 9.46. The first kappa shape index (κ1) is 19.1. The molecule has 27 heavy (non-hydrogen) atoms. The minimum Gasteiger partial charge on any atom is -0.497 e. The van der Waals surface area contributed by atoms with Crippen molar-refractivity contribution in [3.8, 4) is 11.5 Å². The van der Waals surface area contributed by atoms with Crippen molar-refractivity contribution in [3.63, 3.8) is 0 Å². The molecule has 0 aliphatic heterocycles. The molecule has 0 aliphatic rings. The average molecular weight is 378 g/mol. The molecule has 0 heterocycles. The molecule has 0 aromatic heterocycles. The van der Waals surface area contributed by atoms with E-state index in [4.69, 9.17) is 9.47 Å². The molecule has 0 saturated carbocycles. The summed E-state index contributed by atoms with van der Waals surface area (Å²) in [7, 11) is 3.29. The summed E-state index contributed by atoms with van der Waals surface area (Å²) >= 11 is 1.31. The van der Waals surface area contributed by atoms with E-state index in [0.717, 1.165) is 28.2 Å². The van der Waals surface area contributed by atoms with Gasteiger partial charge in [-0.1, -0.05) is 66.4 Å².